The Hall–Kier alpha value is -4.46. The summed E-state index contributed by atoms with van der Waals surface area (Å²) in [5, 5.41) is 10.6. The van der Waals surface area contributed by atoms with E-state index in [2.05, 4.69) is 27.6 Å². The number of Topliss-reactive ketones (excluding diaryl/α,β-unsaturated/α-hetero) is 1. The maximum absolute atomic E-state index is 12.2. The molecule has 0 spiro atoms. The minimum atomic E-state index is -0.623. The number of amides is 1. The van der Waals surface area contributed by atoms with E-state index >= 15 is 0 Å². The average Bonchev–Trinajstić information content (AvgIpc) is 3.63. The second kappa shape index (κ2) is 12.2. The SMILES string of the molecule is O=C(CCCCCCc1ccccc1)C(=O)NCc1nnc(-c2ccc(-c3ccc4c(c3)OCO4)cc2)o1. The molecule has 0 saturated carbocycles. The summed E-state index contributed by atoms with van der Waals surface area (Å²) in [7, 11) is 0. The van der Waals surface area contributed by atoms with Crippen molar-refractivity contribution >= 4 is 11.7 Å². The molecule has 1 aliphatic rings. The van der Waals surface area contributed by atoms with Crippen molar-refractivity contribution in [3.63, 3.8) is 0 Å². The molecule has 0 bridgehead atoms. The van der Waals surface area contributed by atoms with Gasteiger partial charge in [-0.1, -0.05) is 61.4 Å². The van der Waals surface area contributed by atoms with Crippen molar-refractivity contribution in [1.82, 2.24) is 15.5 Å². The van der Waals surface area contributed by atoms with Gasteiger partial charge in [0.05, 0.1) is 6.54 Å². The predicted molar refractivity (Wildman–Crippen MR) is 141 cm³/mol. The van der Waals surface area contributed by atoms with E-state index in [1.807, 2.05) is 60.7 Å². The molecule has 1 amide bonds. The first-order chi connectivity index (χ1) is 18.7. The van der Waals surface area contributed by atoms with Crippen LogP contribution in [0, 0.1) is 0 Å². The Balaban J connectivity index is 1.04. The zero-order chi connectivity index (χ0) is 26.2. The van der Waals surface area contributed by atoms with E-state index in [0.29, 0.717) is 12.3 Å². The molecule has 0 atom stereocenters. The van der Waals surface area contributed by atoms with Crippen molar-refractivity contribution in [2.75, 3.05) is 6.79 Å². The van der Waals surface area contributed by atoms with Crippen LogP contribution in [0.3, 0.4) is 0 Å². The molecule has 8 heteroatoms. The van der Waals surface area contributed by atoms with E-state index in [-0.39, 0.29) is 25.6 Å². The third-order valence-electron chi connectivity index (χ3n) is 6.42. The van der Waals surface area contributed by atoms with E-state index in [4.69, 9.17) is 13.9 Å². The summed E-state index contributed by atoms with van der Waals surface area (Å²) in [6.45, 7) is 0.241. The van der Waals surface area contributed by atoms with Gasteiger partial charge in [0.1, 0.15) is 0 Å². The first-order valence-electron chi connectivity index (χ1n) is 12.8. The Morgan fingerprint density at radius 3 is 2.34 bits per heavy atom. The van der Waals surface area contributed by atoms with Crippen LogP contribution in [0.1, 0.15) is 43.6 Å². The van der Waals surface area contributed by atoms with Crippen molar-refractivity contribution in [3.05, 3.63) is 84.3 Å². The number of ether oxygens (including phenoxy) is 2. The standard InChI is InChI=1S/C30H29N3O5/c34-25(11-7-2-1-4-8-21-9-5-3-6-10-21)29(35)31-19-28-32-33-30(38-28)23-14-12-22(13-15-23)24-16-17-26-27(18-24)37-20-36-26/h3,5-6,9-10,12-18H,1-2,4,7-8,11,19-20H2,(H,31,35). The van der Waals surface area contributed by atoms with Gasteiger partial charge in [-0.15, -0.1) is 10.2 Å². The lowest BCUT2D eigenvalue weighted by molar-refractivity contribution is -0.138. The third-order valence-corrected chi connectivity index (χ3v) is 6.42. The van der Waals surface area contributed by atoms with Crippen molar-refractivity contribution in [1.29, 1.82) is 0 Å². The Morgan fingerprint density at radius 2 is 1.50 bits per heavy atom. The van der Waals surface area contributed by atoms with Gasteiger partial charge in [0, 0.05) is 12.0 Å². The van der Waals surface area contributed by atoms with Crippen LogP contribution in [0.4, 0.5) is 0 Å². The van der Waals surface area contributed by atoms with Crippen LogP contribution < -0.4 is 14.8 Å². The topological polar surface area (TPSA) is 104 Å². The predicted octanol–water partition coefficient (Wildman–Crippen LogP) is 5.51. The molecule has 0 radical (unpaired) electrons. The maximum atomic E-state index is 12.2. The molecule has 0 aliphatic carbocycles. The number of nitrogens with zero attached hydrogens (tertiary/aromatic N) is 2. The smallest absolute Gasteiger partial charge is 0.287 e. The lowest BCUT2D eigenvalue weighted by Gasteiger charge is -2.04. The Morgan fingerprint density at radius 1 is 0.763 bits per heavy atom. The second-order valence-electron chi connectivity index (χ2n) is 9.15. The van der Waals surface area contributed by atoms with E-state index in [1.54, 1.807) is 0 Å². The van der Waals surface area contributed by atoms with E-state index < -0.39 is 11.7 Å². The number of carbonyl (C=O) groups is 2. The van der Waals surface area contributed by atoms with E-state index in [1.165, 1.54) is 5.56 Å². The van der Waals surface area contributed by atoms with Crippen LogP contribution in [0.25, 0.3) is 22.6 Å². The van der Waals surface area contributed by atoms with Crippen molar-refractivity contribution in [2.24, 2.45) is 0 Å². The fourth-order valence-electron chi connectivity index (χ4n) is 4.30. The Kier molecular flexibility index (Phi) is 8.08. The highest BCUT2D eigenvalue weighted by Gasteiger charge is 2.16. The molecule has 0 unspecified atom stereocenters. The number of unbranched alkanes of at least 4 members (excludes halogenated alkanes) is 3. The molecular weight excluding hydrogens is 482 g/mol. The summed E-state index contributed by atoms with van der Waals surface area (Å²) >= 11 is 0. The van der Waals surface area contributed by atoms with Crippen LogP contribution in [0.15, 0.2) is 77.2 Å². The maximum Gasteiger partial charge on any atom is 0.287 e. The van der Waals surface area contributed by atoms with Gasteiger partial charge >= 0.3 is 0 Å². The summed E-state index contributed by atoms with van der Waals surface area (Å²) in [6, 6.07) is 23.8. The first kappa shape index (κ1) is 25.2. The van der Waals surface area contributed by atoms with Crippen molar-refractivity contribution in [3.8, 4) is 34.1 Å². The fourth-order valence-corrected chi connectivity index (χ4v) is 4.30. The summed E-state index contributed by atoms with van der Waals surface area (Å²) in [6.07, 6.45) is 5.01. The Bertz CT molecular complexity index is 1380. The number of ketones is 1. The molecule has 1 aliphatic heterocycles. The monoisotopic (exact) mass is 511 g/mol. The number of hydrogen-bond donors (Lipinski definition) is 1. The summed E-state index contributed by atoms with van der Waals surface area (Å²) in [5.74, 6) is 1.00. The van der Waals surface area contributed by atoms with Crippen LogP contribution in [0.2, 0.25) is 0 Å². The van der Waals surface area contributed by atoms with Gasteiger partial charge in [-0.05, 0) is 60.2 Å². The molecule has 194 valence electrons. The number of aromatic nitrogens is 2. The molecule has 38 heavy (non-hydrogen) atoms. The van der Waals surface area contributed by atoms with Crippen molar-refractivity contribution in [2.45, 2.75) is 45.1 Å². The number of fused-ring (bicyclic) bond motifs is 1. The third kappa shape index (κ3) is 6.45. The number of rotatable bonds is 12. The number of nitrogens with one attached hydrogen (secondary N) is 1. The van der Waals surface area contributed by atoms with Gasteiger partial charge in [0.2, 0.25) is 24.4 Å². The second-order valence-corrected chi connectivity index (χ2v) is 9.15. The normalized spacial score (nSPS) is 11.9. The summed E-state index contributed by atoms with van der Waals surface area (Å²) < 4.78 is 16.5. The minimum absolute atomic E-state index is 0.00390. The number of carbonyl (C=O) groups excluding carboxylic acids is 2. The zero-order valence-corrected chi connectivity index (χ0v) is 21.0. The van der Waals surface area contributed by atoms with Crippen LogP contribution in [-0.4, -0.2) is 28.7 Å². The number of aryl methyl sites for hydroxylation is 1. The largest absolute Gasteiger partial charge is 0.454 e. The molecule has 0 fully saturated rings. The quantitative estimate of drug-likeness (QED) is 0.198. The molecule has 8 nitrogen and oxygen atoms in total. The number of benzene rings is 3. The molecule has 1 aromatic heterocycles. The highest BCUT2D eigenvalue weighted by Crippen LogP contribution is 2.36. The Labute approximate surface area is 221 Å². The molecule has 0 saturated heterocycles. The lowest BCUT2D eigenvalue weighted by Crippen LogP contribution is -2.30. The highest BCUT2D eigenvalue weighted by atomic mass is 16.7. The highest BCUT2D eigenvalue weighted by molar-refractivity contribution is 6.36. The number of hydrogen-bond acceptors (Lipinski definition) is 7. The minimum Gasteiger partial charge on any atom is -0.454 e. The lowest BCUT2D eigenvalue weighted by atomic mass is 10.0. The molecule has 4 aromatic rings. The summed E-state index contributed by atoms with van der Waals surface area (Å²) in [5.41, 5.74) is 4.09. The van der Waals surface area contributed by atoms with Gasteiger partial charge in [0.25, 0.3) is 5.91 Å². The van der Waals surface area contributed by atoms with Crippen molar-refractivity contribution < 1.29 is 23.5 Å². The molecular formula is C30H29N3O5. The fraction of sp³-hybridized carbons (Fsp3) is 0.267. The average molecular weight is 512 g/mol. The summed E-state index contributed by atoms with van der Waals surface area (Å²) in [4.78, 5) is 24.3. The van der Waals surface area contributed by atoms with E-state index in [0.717, 1.165) is 53.9 Å². The zero-order valence-electron chi connectivity index (χ0n) is 21.0. The van der Waals surface area contributed by atoms with Gasteiger partial charge in [0.15, 0.2) is 11.5 Å². The van der Waals surface area contributed by atoms with Crippen LogP contribution in [-0.2, 0) is 22.6 Å². The van der Waals surface area contributed by atoms with Gasteiger partial charge in [-0.2, -0.15) is 0 Å². The molecule has 2 heterocycles. The van der Waals surface area contributed by atoms with Crippen LogP contribution in [0.5, 0.6) is 11.5 Å². The molecule has 3 aromatic carbocycles. The molecule has 5 rings (SSSR count). The molecule has 1 N–H and O–H groups in total. The van der Waals surface area contributed by atoms with Gasteiger partial charge in [-0.25, -0.2) is 0 Å². The van der Waals surface area contributed by atoms with Gasteiger partial charge < -0.3 is 19.2 Å². The van der Waals surface area contributed by atoms with Crippen LogP contribution >= 0.6 is 0 Å². The first-order valence-corrected chi connectivity index (χ1v) is 12.8. The van der Waals surface area contributed by atoms with E-state index in [9.17, 15) is 9.59 Å². The van der Waals surface area contributed by atoms with Gasteiger partial charge in [-0.3, -0.25) is 9.59 Å².